The molecule has 84 valence electrons. The molecule has 2 aromatic rings. The maximum absolute atomic E-state index is 5.87. The van der Waals surface area contributed by atoms with E-state index >= 15 is 0 Å². The number of para-hydroxylation sites is 2. The van der Waals surface area contributed by atoms with Crippen molar-refractivity contribution in [3.8, 4) is 22.6 Å². The highest BCUT2D eigenvalue weighted by Gasteiger charge is 2.26. The van der Waals surface area contributed by atoms with Gasteiger partial charge in [-0.1, -0.05) is 43.3 Å². The molecule has 0 unspecified atom stereocenters. The maximum atomic E-state index is 5.87. The molecule has 0 fully saturated rings. The molecule has 1 heterocycles. The van der Waals surface area contributed by atoms with Crippen molar-refractivity contribution < 1.29 is 9.31 Å². The molecule has 17 heavy (non-hydrogen) atoms. The van der Waals surface area contributed by atoms with Crippen molar-refractivity contribution in [1.29, 1.82) is 0 Å². The minimum Gasteiger partial charge on any atom is -0.525 e. The summed E-state index contributed by atoms with van der Waals surface area (Å²) in [4.78, 5) is 0. The Hall–Kier alpha value is -1.90. The summed E-state index contributed by atoms with van der Waals surface area (Å²) >= 11 is 0. The average Bonchev–Trinajstić information content (AvgIpc) is 2.55. The minimum atomic E-state index is -0.209. The van der Waals surface area contributed by atoms with Crippen LogP contribution in [0.3, 0.4) is 0 Å². The zero-order valence-corrected chi connectivity index (χ0v) is 9.72. The highest BCUT2D eigenvalue weighted by molar-refractivity contribution is 6.46. The van der Waals surface area contributed by atoms with E-state index in [1.165, 1.54) is 0 Å². The second-order valence-electron chi connectivity index (χ2n) is 4.07. The summed E-state index contributed by atoms with van der Waals surface area (Å²) in [5.74, 6) is 1.79. The van der Waals surface area contributed by atoms with Crippen molar-refractivity contribution in [2.24, 2.45) is 0 Å². The third-order valence-electron chi connectivity index (χ3n) is 2.91. The van der Waals surface area contributed by atoms with Gasteiger partial charge in [-0.15, -0.1) is 0 Å². The zero-order valence-electron chi connectivity index (χ0n) is 9.72. The topological polar surface area (TPSA) is 18.5 Å². The van der Waals surface area contributed by atoms with Crippen LogP contribution in [-0.4, -0.2) is 7.12 Å². The Balaban J connectivity index is 2.20. The average molecular weight is 224 g/mol. The van der Waals surface area contributed by atoms with Crippen LogP contribution in [0, 0.1) is 0 Å². The van der Waals surface area contributed by atoms with E-state index in [2.05, 4.69) is 19.1 Å². The van der Waals surface area contributed by atoms with Gasteiger partial charge in [0.1, 0.15) is 11.5 Å². The van der Waals surface area contributed by atoms with Crippen LogP contribution < -0.4 is 9.31 Å². The van der Waals surface area contributed by atoms with Crippen LogP contribution in [0.1, 0.15) is 6.92 Å². The largest absolute Gasteiger partial charge is 0.594 e. The molecule has 0 saturated heterocycles. The summed E-state index contributed by atoms with van der Waals surface area (Å²) < 4.78 is 11.7. The van der Waals surface area contributed by atoms with Crippen molar-refractivity contribution >= 4 is 7.12 Å². The van der Waals surface area contributed by atoms with E-state index < -0.39 is 0 Å². The molecular formula is C14H13BO2. The fraction of sp³-hybridized carbons (Fsp3) is 0.143. The molecule has 0 spiro atoms. The first-order chi connectivity index (χ1) is 8.38. The third-order valence-corrected chi connectivity index (χ3v) is 2.91. The SMILES string of the molecule is CCB1Oc2ccccc2-c2ccccc2O1. The molecule has 0 N–H and O–H groups in total. The van der Waals surface area contributed by atoms with Gasteiger partial charge in [-0.2, -0.15) is 0 Å². The summed E-state index contributed by atoms with van der Waals surface area (Å²) in [6.45, 7) is 2.06. The molecule has 3 rings (SSSR count). The van der Waals surface area contributed by atoms with Gasteiger partial charge in [0.2, 0.25) is 0 Å². The Bertz CT molecular complexity index is 492. The van der Waals surface area contributed by atoms with E-state index in [-0.39, 0.29) is 7.12 Å². The minimum absolute atomic E-state index is 0.209. The lowest BCUT2D eigenvalue weighted by atomic mass is 9.86. The summed E-state index contributed by atoms with van der Waals surface area (Å²) in [5, 5.41) is 0. The van der Waals surface area contributed by atoms with E-state index in [1.54, 1.807) is 0 Å². The van der Waals surface area contributed by atoms with Crippen LogP contribution in [0.25, 0.3) is 11.1 Å². The molecule has 0 aliphatic carbocycles. The van der Waals surface area contributed by atoms with E-state index in [1.807, 2.05) is 36.4 Å². The first-order valence-electron chi connectivity index (χ1n) is 5.90. The van der Waals surface area contributed by atoms with Gasteiger partial charge >= 0.3 is 7.12 Å². The Kier molecular flexibility index (Phi) is 2.52. The van der Waals surface area contributed by atoms with Gasteiger partial charge in [0.15, 0.2) is 0 Å². The zero-order chi connectivity index (χ0) is 11.7. The standard InChI is InChI=1S/C14H13BO2/c1-2-15-16-13-9-5-3-7-11(13)12-8-4-6-10-14(12)17-15/h3-10H,2H2,1H3. The number of rotatable bonds is 1. The molecule has 1 aliphatic heterocycles. The number of fused-ring (bicyclic) bond motifs is 3. The van der Waals surface area contributed by atoms with Crippen molar-refractivity contribution in [1.82, 2.24) is 0 Å². The molecular weight excluding hydrogens is 211 g/mol. The lowest BCUT2D eigenvalue weighted by Crippen LogP contribution is -2.27. The Labute approximate surface area is 101 Å². The summed E-state index contributed by atoms with van der Waals surface area (Å²) in [6.07, 6.45) is 0.822. The monoisotopic (exact) mass is 224 g/mol. The Morgan fingerprint density at radius 3 is 1.76 bits per heavy atom. The van der Waals surface area contributed by atoms with Gasteiger partial charge < -0.3 is 9.31 Å². The summed E-state index contributed by atoms with van der Waals surface area (Å²) in [7, 11) is -0.209. The Morgan fingerprint density at radius 2 is 1.29 bits per heavy atom. The predicted octanol–water partition coefficient (Wildman–Crippen LogP) is 3.63. The van der Waals surface area contributed by atoms with E-state index in [0.29, 0.717) is 0 Å². The molecule has 0 atom stereocenters. The predicted molar refractivity (Wildman–Crippen MR) is 69.4 cm³/mol. The molecule has 0 bridgehead atoms. The van der Waals surface area contributed by atoms with Crippen LogP contribution in [-0.2, 0) is 0 Å². The normalized spacial score (nSPS) is 12.9. The van der Waals surface area contributed by atoms with Crippen molar-refractivity contribution in [2.45, 2.75) is 13.2 Å². The number of hydrogen-bond acceptors (Lipinski definition) is 2. The molecule has 0 aromatic heterocycles. The molecule has 3 heteroatoms. The molecule has 0 amide bonds. The molecule has 2 aromatic carbocycles. The smallest absolute Gasteiger partial charge is 0.525 e. The summed E-state index contributed by atoms with van der Waals surface area (Å²) in [5.41, 5.74) is 2.19. The van der Waals surface area contributed by atoms with E-state index in [4.69, 9.17) is 9.31 Å². The summed E-state index contributed by atoms with van der Waals surface area (Å²) in [6, 6.07) is 16.1. The second-order valence-corrected chi connectivity index (χ2v) is 4.07. The van der Waals surface area contributed by atoms with Crippen LogP contribution in [0.5, 0.6) is 11.5 Å². The van der Waals surface area contributed by atoms with Crippen molar-refractivity contribution in [2.75, 3.05) is 0 Å². The molecule has 0 saturated carbocycles. The van der Waals surface area contributed by atoms with Gasteiger partial charge in [-0.25, -0.2) is 0 Å². The molecule has 2 nitrogen and oxygen atoms in total. The first-order valence-corrected chi connectivity index (χ1v) is 5.90. The highest BCUT2D eigenvalue weighted by Crippen LogP contribution is 2.39. The van der Waals surface area contributed by atoms with Gasteiger partial charge in [0.25, 0.3) is 0 Å². The van der Waals surface area contributed by atoms with Crippen LogP contribution in [0.2, 0.25) is 6.32 Å². The van der Waals surface area contributed by atoms with E-state index in [9.17, 15) is 0 Å². The maximum Gasteiger partial charge on any atom is 0.594 e. The van der Waals surface area contributed by atoms with Crippen molar-refractivity contribution in [3.05, 3.63) is 48.5 Å². The van der Waals surface area contributed by atoms with Crippen LogP contribution >= 0.6 is 0 Å². The van der Waals surface area contributed by atoms with Gasteiger partial charge in [-0.05, 0) is 12.1 Å². The van der Waals surface area contributed by atoms with Gasteiger partial charge in [0.05, 0.1) is 0 Å². The van der Waals surface area contributed by atoms with E-state index in [0.717, 1.165) is 28.9 Å². The van der Waals surface area contributed by atoms with Crippen LogP contribution in [0.4, 0.5) is 0 Å². The highest BCUT2D eigenvalue weighted by atomic mass is 16.6. The number of hydrogen-bond donors (Lipinski definition) is 0. The quantitative estimate of drug-likeness (QED) is 0.688. The first kappa shape index (κ1) is 10.3. The molecule has 1 aliphatic rings. The molecule has 0 radical (unpaired) electrons. The third kappa shape index (κ3) is 1.78. The van der Waals surface area contributed by atoms with Crippen LogP contribution in [0.15, 0.2) is 48.5 Å². The van der Waals surface area contributed by atoms with Gasteiger partial charge in [-0.3, -0.25) is 0 Å². The van der Waals surface area contributed by atoms with Crippen molar-refractivity contribution in [3.63, 3.8) is 0 Å². The van der Waals surface area contributed by atoms with Gasteiger partial charge in [0, 0.05) is 17.4 Å². The Morgan fingerprint density at radius 1 is 0.824 bits per heavy atom. The fourth-order valence-electron chi connectivity index (χ4n) is 2.06. The lowest BCUT2D eigenvalue weighted by molar-refractivity contribution is 0.431. The fourth-order valence-corrected chi connectivity index (χ4v) is 2.06. The lowest BCUT2D eigenvalue weighted by Gasteiger charge is -2.11. The second kappa shape index (κ2) is 4.17. The number of benzene rings is 2.